The fraction of sp³-hybridized carbons (Fsp3) is 0.633. The minimum absolute atomic E-state index is 0.0245. The van der Waals surface area contributed by atoms with Crippen LogP contribution in [0, 0.1) is 18.8 Å². The molecule has 0 radical (unpaired) electrons. The number of aromatic nitrogens is 1. The zero-order valence-electron chi connectivity index (χ0n) is 23.8. The summed E-state index contributed by atoms with van der Waals surface area (Å²) >= 11 is 1.68. The number of piperidine rings is 1. The fourth-order valence-corrected chi connectivity index (χ4v) is 6.13. The van der Waals surface area contributed by atoms with E-state index in [1.54, 1.807) is 11.3 Å². The van der Waals surface area contributed by atoms with Gasteiger partial charge in [-0.25, -0.2) is 4.98 Å². The molecule has 4 rings (SSSR count). The number of thiazole rings is 1. The number of carbonyl (C=O) groups excluding carboxylic acids is 2. The van der Waals surface area contributed by atoms with Gasteiger partial charge in [-0.2, -0.15) is 0 Å². The number of hydrogen-bond acceptors (Lipinski definition) is 5. The van der Waals surface area contributed by atoms with E-state index in [1.807, 2.05) is 31.2 Å². The lowest BCUT2D eigenvalue weighted by atomic mass is 9.85. The molecule has 1 aromatic heterocycles. The van der Waals surface area contributed by atoms with Gasteiger partial charge < -0.3 is 15.1 Å². The number of rotatable bonds is 7. The van der Waals surface area contributed by atoms with Crippen molar-refractivity contribution in [1.29, 1.82) is 0 Å². The number of nitrogens with one attached hydrogen (secondary N) is 1. The van der Waals surface area contributed by atoms with E-state index in [2.05, 4.69) is 61.2 Å². The van der Waals surface area contributed by atoms with E-state index in [0.717, 1.165) is 44.5 Å². The maximum atomic E-state index is 13.2. The Labute approximate surface area is 227 Å². The molecule has 2 aliphatic heterocycles. The Morgan fingerprint density at radius 1 is 1.11 bits per heavy atom. The zero-order chi connectivity index (χ0) is 27.1. The van der Waals surface area contributed by atoms with E-state index < -0.39 is 0 Å². The van der Waals surface area contributed by atoms with Gasteiger partial charge >= 0.3 is 0 Å². The van der Waals surface area contributed by atoms with Gasteiger partial charge in [-0.05, 0) is 87.3 Å². The van der Waals surface area contributed by atoms with Crippen LogP contribution in [0.25, 0.3) is 10.4 Å². The summed E-state index contributed by atoms with van der Waals surface area (Å²) in [6, 6.07) is 6.32. The number of amides is 2. The highest BCUT2D eigenvalue weighted by Crippen LogP contribution is 2.35. The van der Waals surface area contributed by atoms with Gasteiger partial charge in [0.05, 0.1) is 16.1 Å². The van der Waals surface area contributed by atoms with Crippen LogP contribution in [0.2, 0.25) is 0 Å². The SMILES string of the molecule is CC.Cc1ncsc1-c1ccc(CNC(=O)C2CCCN2C(=O)C(C)C(C)C)c(C2CCN(C)CC2)c1. The molecule has 0 bridgehead atoms. The van der Waals surface area contributed by atoms with Crippen LogP contribution in [0.1, 0.15) is 83.0 Å². The van der Waals surface area contributed by atoms with Crippen LogP contribution < -0.4 is 5.32 Å². The minimum Gasteiger partial charge on any atom is -0.350 e. The van der Waals surface area contributed by atoms with Crippen molar-refractivity contribution in [3.63, 3.8) is 0 Å². The van der Waals surface area contributed by atoms with Crippen LogP contribution in [-0.2, 0) is 16.1 Å². The largest absolute Gasteiger partial charge is 0.350 e. The van der Waals surface area contributed by atoms with Gasteiger partial charge in [0.1, 0.15) is 6.04 Å². The van der Waals surface area contributed by atoms with E-state index in [-0.39, 0.29) is 29.7 Å². The molecule has 3 heterocycles. The summed E-state index contributed by atoms with van der Waals surface area (Å²) in [6.07, 6.45) is 3.88. The predicted octanol–water partition coefficient (Wildman–Crippen LogP) is 5.85. The topological polar surface area (TPSA) is 65.5 Å². The molecule has 2 amide bonds. The highest BCUT2D eigenvalue weighted by atomic mass is 32.1. The Morgan fingerprint density at radius 2 is 1.81 bits per heavy atom. The molecule has 1 N–H and O–H groups in total. The molecule has 0 spiro atoms. The zero-order valence-corrected chi connectivity index (χ0v) is 24.7. The lowest BCUT2D eigenvalue weighted by molar-refractivity contribution is -0.142. The molecule has 1 aromatic carbocycles. The van der Waals surface area contributed by atoms with Gasteiger partial charge in [-0.3, -0.25) is 9.59 Å². The van der Waals surface area contributed by atoms with E-state index in [4.69, 9.17) is 0 Å². The van der Waals surface area contributed by atoms with E-state index in [1.165, 1.54) is 21.6 Å². The average Bonchev–Trinajstić information content (AvgIpc) is 3.57. The van der Waals surface area contributed by atoms with Gasteiger partial charge in [0, 0.05) is 19.0 Å². The Hall–Kier alpha value is -2.25. The molecule has 2 atom stereocenters. The third-order valence-electron chi connectivity index (χ3n) is 7.99. The van der Waals surface area contributed by atoms with Gasteiger partial charge in [0.2, 0.25) is 11.8 Å². The van der Waals surface area contributed by atoms with Gasteiger partial charge in [0.25, 0.3) is 0 Å². The minimum atomic E-state index is -0.352. The molecule has 2 aromatic rings. The van der Waals surface area contributed by atoms with Crippen molar-refractivity contribution in [2.24, 2.45) is 11.8 Å². The highest BCUT2D eigenvalue weighted by Gasteiger charge is 2.36. The summed E-state index contributed by atoms with van der Waals surface area (Å²) in [6.45, 7) is 15.5. The second-order valence-corrected chi connectivity index (χ2v) is 11.6. The normalized spacial score (nSPS) is 19.5. The molecule has 0 saturated carbocycles. The summed E-state index contributed by atoms with van der Waals surface area (Å²) in [7, 11) is 2.18. The highest BCUT2D eigenvalue weighted by molar-refractivity contribution is 7.13. The Morgan fingerprint density at radius 3 is 2.43 bits per heavy atom. The Balaban J connectivity index is 0.00000186. The summed E-state index contributed by atoms with van der Waals surface area (Å²) < 4.78 is 0. The van der Waals surface area contributed by atoms with Crippen LogP contribution in [-0.4, -0.2) is 59.3 Å². The third-order valence-corrected chi connectivity index (χ3v) is 8.97. The molecule has 6 nitrogen and oxygen atoms in total. The van der Waals surface area contributed by atoms with Gasteiger partial charge in [-0.1, -0.05) is 46.8 Å². The summed E-state index contributed by atoms with van der Waals surface area (Å²) in [5.74, 6) is 0.770. The number of aryl methyl sites for hydroxylation is 1. The van der Waals surface area contributed by atoms with Crippen LogP contribution in [0.15, 0.2) is 23.7 Å². The van der Waals surface area contributed by atoms with Gasteiger partial charge in [-0.15, -0.1) is 11.3 Å². The number of benzene rings is 1. The molecule has 2 saturated heterocycles. The van der Waals surface area contributed by atoms with Crippen molar-refractivity contribution in [1.82, 2.24) is 20.1 Å². The van der Waals surface area contributed by atoms with Crippen molar-refractivity contribution >= 4 is 23.2 Å². The molecule has 2 aliphatic rings. The van der Waals surface area contributed by atoms with Crippen LogP contribution in [0.5, 0.6) is 0 Å². The van der Waals surface area contributed by atoms with Crippen molar-refractivity contribution in [3.8, 4) is 10.4 Å². The third kappa shape index (κ3) is 6.99. The molecule has 2 unspecified atom stereocenters. The lowest BCUT2D eigenvalue weighted by Gasteiger charge is -2.31. The molecule has 0 aliphatic carbocycles. The van der Waals surface area contributed by atoms with Crippen LogP contribution in [0.4, 0.5) is 0 Å². The summed E-state index contributed by atoms with van der Waals surface area (Å²) in [5.41, 5.74) is 6.71. The number of likely N-dealkylation sites (tertiary alicyclic amines) is 2. The number of carbonyl (C=O) groups is 2. The fourth-order valence-electron chi connectivity index (χ4n) is 5.33. The van der Waals surface area contributed by atoms with Crippen molar-refractivity contribution in [2.75, 3.05) is 26.7 Å². The second-order valence-electron chi connectivity index (χ2n) is 10.7. The quantitative estimate of drug-likeness (QED) is 0.491. The smallest absolute Gasteiger partial charge is 0.243 e. The standard InChI is InChI=1S/C28H40N4O2S.C2H6/c1-18(2)19(3)28(34)32-12-6-7-25(32)27(33)29-16-23-9-8-22(26-20(4)30-17-35-26)15-24(23)21-10-13-31(5)14-11-21;1-2/h8-9,15,17-19,21,25H,6-7,10-14,16H2,1-5H3,(H,29,33);1-2H3. The van der Waals surface area contributed by atoms with E-state index in [0.29, 0.717) is 19.0 Å². The molecular weight excluding hydrogens is 480 g/mol. The summed E-state index contributed by atoms with van der Waals surface area (Å²) in [5, 5.41) is 3.19. The van der Waals surface area contributed by atoms with Crippen molar-refractivity contribution < 1.29 is 9.59 Å². The maximum absolute atomic E-state index is 13.2. The molecule has 7 heteroatoms. The first-order valence-electron chi connectivity index (χ1n) is 14.1. The first kappa shape index (κ1) is 29.3. The molecular formula is C30H46N4O2S. The second kappa shape index (κ2) is 13.5. The Kier molecular flexibility index (Phi) is 10.7. The average molecular weight is 527 g/mol. The van der Waals surface area contributed by atoms with E-state index >= 15 is 0 Å². The molecule has 37 heavy (non-hydrogen) atoms. The predicted molar refractivity (Wildman–Crippen MR) is 154 cm³/mol. The van der Waals surface area contributed by atoms with Crippen molar-refractivity contribution in [2.45, 2.75) is 85.7 Å². The van der Waals surface area contributed by atoms with Gasteiger partial charge in [0.15, 0.2) is 0 Å². The molecule has 204 valence electrons. The van der Waals surface area contributed by atoms with Crippen LogP contribution in [0.3, 0.4) is 0 Å². The first-order chi connectivity index (χ1) is 17.8. The van der Waals surface area contributed by atoms with E-state index in [9.17, 15) is 9.59 Å². The van der Waals surface area contributed by atoms with Crippen molar-refractivity contribution in [3.05, 3.63) is 40.5 Å². The van der Waals surface area contributed by atoms with Crippen LogP contribution >= 0.6 is 11.3 Å². The Bertz CT molecular complexity index is 1040. The number of hydrogen-bond donors (Lipinski definition) is 1. The first-order valence-corrected chi connectivity index (χ1v) is 14.9. The lowest BCUT2D eigenvalue weighted by Crippen LogP contribution is -2.48. The maximum Gasteiger partial charge on any atom is 0.243 e. The monoisotopic (exact) mass is 526 g/mol. The summed E-state index contributed by atoms with van der Waals surface area (Å²) in [4.78, 5) is 36.1. The molecule has 2 fully saturated rings. The number of nitrogens with zero attached hydrogens (tertiary/aromatic N) is 3.